The van der Waals surface area contributed by atoms with Crippen molar-refractivity contribution in [2.45, 2.75) is 6.54 Å². The summed E-state index contributed by atoms with van der Waals surface area (Å²) >= 11 is 0. The molecule has 2 heterocycles. The number of halogens is 2. The molecular weight excluding hydrogens is 294 g/mol. The van der Waals surface area contributed by atoms with Crippen molar-refractivity contribution < 1.29 is 13.2 Å². The molecule has 0 radical (unpaired) electrons. The van der Waals surface area contributed by atoms with Crippen LogP contribution >= 0.6 is 0 Å². The zero-order chi connectivity index (χ0) is 15.7. The van der Waals surface area contributed by atoms with Crippen LogP contribution in [0.5, 0.6) is 0 Å². The first-order chi connectivity index (χ1) is 10.5. The number of aromatic amines is 1. The average molecular weight is 304 g/mol. The van der Waals surface area contributed by atoms with Crippen molar-refractivity contribution in [1.82, 2.24) is 9.55 Å². The summed E-state index contributed by atoms with van der Waals surface area (Å²) in [5.74, 6) is -1.26. The van der Waals surface area contributed by atoms with E-state index in [1.165, 1.54) is 12.5 Å². The van der Waals surface area contributed by atoms with Gasteiger partial charge in [-0.3, -0.25) is 9.36 Å². The highest BCUT2D eigenvalue weighted by Crippen LogP contribution is 2.14. The Morgan fingerprint density at radius 3 is 2.50 bits per heavy atom. The normalized spacial score (nSPS) is 10.8. The lowest BCUT2D eigenvalue weighted by Gasteiger charge is -2.06. The van der Waals surface area contributed by atoms with Crippen LogP contribution < -0.4 is 11.2 Å². The van der Waals surface area contributed by atoms with Gasteiger partial charge in [-0.25, -0.2) is 13.6 Å². The Morgan fingerprint density at radius 1 is 1.14 bits per heavy atom. The summed E-state index contributed by atoms with van der Waals surface area (Å²) in [7, 11) is 0. The zero-order valence-electron chi connectivity index (χ0n) is 11.2. The molecule has 0 atom stereocenters. The third kappa shape index (κ3) is 2.60. The molecule has 0 saturated heterocycles. The van der Waals surface area contributed by atoms with Gasteiger partial charge in [0.1, 0.15) is 17.4 Å². The van der Waals surface area contributed by atoms with E-state index >= 15 is 0 Å². The van der Waals surface area contributed by atoms with Crippen LogP contribution in [-0.2, 0) is 6.54 Å². The molecule has 0 aliphatic heterocycles. The molecule has 5 nitrogen and oxygen atoms in total. The second-order valence-electron chi connectivity index (χ2n) is 4.65. The van der Waals surface area contributed by atoms with E-state index in [1.807, 2.05) is 0 Å². The van der Waals surface area contributed by atoms with Gasteiger partial charge in [-0.2, -0.15) is 0 Å². The van der Waals surface area contributed by atoms with Crippen molar-refractivity contribution in [3.8, 4) is 11.3 Å². The van der Waals surface area contributed by atoms with Crippen LogP contribution in [0.25, 0.3) is 11.3 Å². The van der Waals surface area contributed by atoms with Gasteiger partial charge < -0.3 is 9.40 Å². The Balaban J connectivity index is 2.09. The zero-order valence-corrected chi connectivity index (χ0v) is 11.2. The fraction of sp³-hybridized carbons (Fsp3) is 0.0667. The number of aromatic nitrogens is 2. The molecule has 2 aromatic heterocycles. The number of nitrogens with one attached hydrogen (secondary N) is 1. The maximum absolute atomic E-state index is 13.2. The van der Waals surface area contributed by atoms with Crippen molar-refractivity contribution >= 4 is 0 Å². The standard InChI is InChI=1S/C15H10F2N2O3/c16-10-4-9(5-11(17)6-10)8-19-14(20)12(7-18-15(19)21)13-2-1-3-22-13/h1-7H,8H2,(H,18,21). The topological polar surface area (TPSA) is 68.0 Å². The fourth-order valence-corrected chi connectivity index (χ4v) is 2.15. The summed E-state index contributed by atoms with van der Waals surface area (Å²) in [6, 6.07) is 6.02. The number of furan rings is 1. The molecule has 0 bridgehead atoms. The van der Waals surface area contributed by atoms with Gasteiger partial charge in [0.2, 0.25) is 0 Å². The molecular formula is C15H10F2N2O3. The second-order valence-corrected chi connectivity index (χ2v) is 4.65. The Morgan fingerprint density at radius 2 is 1.86 bits per heavy atom. The molecule has 3 aromatic rings. The Hall–Kier alpha value is -2.96. The lowest BCUT2D eigenvalue weighted by molar-refractivity contribution is 0.571. The summed E-state index contributed by atoms with van der Waals surface area (Å²) < 4.78 is 32.4. The quantitative estimate of drug-likeness (QED) is 0.806. The van der Waals surface area contributed by atoms with E-state index in [9.17, 15) is 18.4 Å². The highest BCUT2D eigenvalue weighted by atomic mass is 19.1. The molecule has 0 aliphatic carbocycles. The summed E-state index contributed by atoms with van der Waals surface area (Å²) in [5, 5.41) is 0. The van der Waals surface area contributed by atoms with Crippen molar-refractivity contribution in [2.75, 3.05) is 0 Å². The van der Waals surface area contributed by atoms with Gasteiger partial charge in [-0.15, -0.1) is 0 Å². The highest BCUT2D eigenvalue weighted by molar-refractivity contribution is 5.54. The first-order valence-corrected chi connectivity index (χ1v) is 6.36. The fourth-order valence-electron chi connectivity index (χ4n) is 2.15. The van der Waals surface area contributed by atoms with Crippen LogP contribution in [0.3, 0.4) is 0 Å². The highest BCUT2D eigenvalue weighted by Gasteiger charge is 2.12. The van der Waals surface area contributed by atoms with Gasteiger partial charge in [-0.05, 0) is 29.8 Å². The first-order valence-electron chi connectivity index (χ1n) is 6.36. The van der Waals surface area contributed by atoms with Crippen molar-refractivity contribution in [2.24, 2.45) is 0 Å². The molecule has 0 unspecified atom stereocenters. The third-order valence-electron chi connectivity index (χ3n) is 3.11. The van der Waals surface area contributed by atoms with Gasteiger partial charge in [0.05, 0.1) is 18.4 Å². The maximum atomic E-state index is 13.2. The number of hydrogen-bond donors (Lipinski definition) is 1. The molecule has 0 amide bonds. The monoisotopic (exact) mass is 304 g/mol. The minimum Gasteiger partial charge on any atom is -0.464 e. The summed E-state index contributed by atoms with van der Waals surface area (Å²) in [6.07, 6.45) is 2.64. The Labute approximate surface area is 122 Å². The molecule has 3 rings (SSSR count). The summed E-state index contributed by atoms with van der Waals surface area (Å²) in [5.41, 5.74) is -0.962. The molecule has 1 N–H and O–H groups in total. The number of benzene rings is 1. The van der Waals surface area contributed by atoms with Gasteiger partial charge >= 0.3 is 5.69 Å². The maximum Gasteiger partial charge on any atom is 0.328 e. The minimum absolute atomic E-state index is 0.154. The Bertz CT molecular complexity index is 906. The van der Waals surface area contributed by atoms with E-state index < -0.39 is 22.9 Å². The molecule has 0 spiro atoms. The van der Waals surface area contributed by atoms with Crippen LogP contribution in [0, 0.1) is 11.6 Å². The van der Waals surface area contributed by atoms with Crippen LogP contribution in [0.1, 0.15) is 5.56 Å². The molecule has 0 aliphatic rings. The van der Waals surface area contributed by atoms with E-state index in [1.54, 1.807) is 12.1 Å². The van der Waals surface area contributed by atoms with Crippen LogP contribution in [0.4, 0.5) is 8.78 Å². The number of rotatable bonds is 3. The lowest BCUT2D eigenvalue weighted by Crippen LogP contribution is -2.35. The van der Waals surface area contributed by atoms with Crippen molar-refractivity contribution in [3.63, 3.8) is 0 Å². The molecule has 22 heavy (non-hydrogen) atoms. The number of nitrogens with zero attached hydrogens (tertiary/aromatic N) is 1. The minimum atomic E-state index is -0.776. The molecule has 112 valence electrons. The van der Waals surface area contributed by atoms with Gasteiger partial charge in [0, 0.05) is 12.3 Å². The SMILES string of the molecule is O=c1[nH]cc(-c2ccco2)c(=O)n1Cc1cc(F)cc(F)c1. The van der Waals surface area contributed by atoms with E-state index in [-0.39, 0.29) is 17.7 Å². The van der Waals surface area contributed by atoms with Gasteiger partial charge in [-0.1, -0.05) is 0 Å². The molecule has 7 heteroatoms. The lowest BCUT2D eigenvalue weighted by atomic mass is 10.2. The third-order valence-corrected chi connectivity index (χ3v) is 3.11. The van der Waals surface area contributed by atoms with E-state index in [2.05, 4.69) is 4.98 Å². The van der Waals surface area contributed by atoms with Gasteiger partial charge in [0.15, 0.2) is 0 Å². The van der Waals surface area contributed by atoms with Crippen molar-refractivity contribution in [3.05, 3.63) is 80.8 Å². The molecule has 0 fully saturated rings. The number of hydrogen-bond acceptors (Lipinski definition) is 3. The average Bonchev–Trinajstić information content (AvgIpc) is 2.96. The second kappa shape index (κ2) is 5.44. The van der Waals surface area contributed by atoms with E-state index in [0.717, 1.165) is 22.8 Å². The molecule has 1 aromatic carbocycles. The van der Waals surface area contributed by atoms with Crippen LogP contribution in [-0.4, -0.2) is 9.55 Å². The predicted molar refractivity (Wildman–Crippen MR) is 74.5 cm³/mol. The number of H-pyrrole nitrogens is 1. The van der Waals surface area contributed by atoms with Gasteiger partial charge in [0.25, 0.3) is 5.56 Å². The summed E-state index contributed by atoms with van der Waals surface area (Å²) in [4.78, 5) is 26.6. The summed E-state index contributed by atoms with van der Waals surface area (Å²) in [6.45, 7) is -0.253. The van der Waals surface area contributed by atoms with E-state index in [0.29, 0.717) is 5.76 Å². The largest absolute Gasteiger partial charge is 0.464 e. The first kappa shape index (κ1) is 14.0. The predicted octanol–water partition coefficient (Wildman–Crippen LogP) is 2.12. The Kier molecular flexibility index (Phi) is 3.46. The van der Waals surface area contributed by atoms with Crippen LogP contribution in [0.2, 0.25) is 0 Å². The van der Waals surface area contributed by atoms with Crippen molar-refractivity contribution in [1.29, 1.82) is 0 Å². The smallest absolute Gasteiger partial charge is 0.328 e. The van der Waals surface area contributed by atoms with E-state index in [4.69, 9.17) is 4.42 Å². The van der Waals surface area contributed by atoms with Crippen LogP contribution in [0.15, 0.2) is 56.8 Å². The molecule has 0 saturated carbocycles.